The van der Waals surface area contributed by atoms with Crippen LogP contribution in [-0.2, 0) is 18.1 Å². The molecule has 174 valence electrons. The lowest BCUT2D eigenvalue weighted by molar-refractivity contribution is -0.137. The largest absolute Gasteiger partial charge is 0.416 e. The molecule has 2 aromatic carbocycles. The molecule has 1 unspecified atom stereocenters. The molecule has 0 saturated carbocycles. The zero-order chi connectivity index (χ0) is 23.7. The number of nitrogens with two attached hydrogens (primary N) is 1. The third kappa shape index (κ3) is 4.60. The smallest absolute Gasteiger partial charge is 0.373 e. The van der Waals surface area contributed by atoms with Crippen molar-refractivity contribution in [3.63, 3.8) is 0 Å². The first-order valence-electron chi connectivity index (χ1n) is 10.7. The van der Waals surface area contributed by atoms with Gasteiger partial charge < -0.3 is 15.7 Å². The molecule has 0 aliphatic carbocycles. The van der Waals surface area contributed by atoms with E-state index in [0.717, 1.165) is 31.4 Å². The zero-order valence-corrected chi connectivity index (χ0v) is 18.5. The fourth-order valence-electron chi connectivity index (χ4n) is 4.30. The topological polar surface area (TPSA) is 61.8 Å². The van der Waals surface area contributed by atoms with Crippen LogP contribution in [0.3, 0.4) is 0 Å². The average molecular weight is 452 g/mol. The van der Waals surface area contributed by atoms with E-state index in [9.17, 15) is 22.7 Å². The normalized spacial score (nSPS) is 23.9. The van der Waals surface area contributed by atoms with Crippen molar-refractivity contribution in [2.75, 3.05) is 7.05 Å². The predicted molar refractivity (Wildman–Crippen MR) is 117 cm³/mol. The van der Waals surface area contributed by atoms with Crippen LogP contribution < -0.4 is 5.73 Å². The first kappa shape index (κ1) is 24.0. The van der Waals surface area contributed by atoms with Crippen LogP contribution in [0.4, 0.5) is 17.6 Å². The van der Waals surface area contributed by atoms with Gasteiger partial charge in [0.05, 0.1) is 17.0 Å². The van der Waals surface area contributed by atoms with Crippen LogP contribution in [0, 0.1) is 5.82 Å². The van der Waals surface area contributed by atoms with Crippen molar-refractivity contribution in [2.45, 2.75) is 63.4 Å². The summed E-state index contributed by atoms with van der Waals surface area (Å²) in [6.45, 7) is 3.83. The number of hydrogen-bond donors (Lipinski definition) is 2. The van der Waals surface area contributed by atoms with Crippen LogP contribution >= 0.6 is 0 Å². The minimum atomic E-state index is -4.46. The Morgan fingerprint density at radius 3 is 2.38 bits per heavy atom. The van der Waals surface area contributed by atoms with Crippen LogP contribution in [0.5, 0.6) is 0 Å². The Morgan fingerprint density at radius 2 is 1.78 bits per heavy atom. The molecule has 32 heavy (non-hydrogen) atoms. The van der Waals surface area contributed by atoms with Crippen molar-refractivity contribution in [3.8, 4) is 0 Å². The highest BCUT2D eigenvalue weighted by atomic mass is 19.4. The van der Waals surface area contributed by atoms with Crippen LogP contribution in [0.15, 0.2) is 47.5 Å². The molecular weight excluding hydrogens is 422 g/mol. The number of rotatable bonds is 6. The van der Waals surface area contributed by atoms with E-state index in [1.807, 2.05) is 0 Å². The Hall–Kier alpha value is -2.61. The Bertz CT molecular complexity index is 974. The van der Waals surface area contributed by atoms with Gasteiger partial charge in [-0.1, -0.05) is 44.0 Å². The minimum Gasteiger partial charge on any atom is -0.373 e. The molecule has 0 fully saturated rings. The first-order valence-corrected chi connectivity index (χ1v) is 10.7. The number of aliphatic hydroxyl groups excluding tert-OH is 1. The lowest BCUT2D eigenvalue weighted by Crippen LogP contribution is -2.55. The van der Waals surface area contributed by atoms with E-state index < -0.39 is 29.4 Å². The number of nitrogens with zero attached hydrogens (tertiary/aromatic N) is 2. The predicted octanol–water partition coefficient (Wildman–Crippen LogP) is 5.15. The van der Waals surface area contributed by atoms with Crippen LogP contribution in [0.1, 0.15) is 61.3 Å². The van der Waals surface area contributed by atoms with Gasteiger partial charge in [0, 0.05) is 7.05 Å². The SMILES string of the molecule is CCCCCc1cc([C@@]2(C)N=C(N)N(C)C(O)[C@@H]2c2ccc(C(F)(F)F)cc2)ccc1F. The van der Waals surface area contributed by atoms with Crippen molar-refractivity contribution in [1.82, 2.24) is 4.90 Å². The monoisotopic (exact) mass is 451 g/mol. The highest BCUT2D eigenvalue weighted by Crippen LogP contribution is 2.46. The number of unbranched alkanes of at least 4 members (excludes halogenated alkanes) is 2. The number of hydrogen-bond acceptors (Lipinski definition) is 4. The van der Waals surface area contributed by atoms with Crippen molar-refractivity contribution in [3.05, 3.63) is 70.5 Å². The van der Waals surface area contributed by atoms with Crippen LogP contribution in [-0.4, -0.2) is 29.2 Å². The molecule has 4 nitrogen and oxygen atoms in total. The van der Waals surface area contributed by atoms with Gasteiger partial charge in [0.1, 0.15) is 12.0 Å². The van der Waals surface area contributed by atoms with Gasteiger partial charge in [-0.05, 0) is 54.7 Å². The second kappa shape index (κ2) is 9.10. The lowest BCUT2D eigenvalue weighted by atomic mass is 9.73. The number of halogens is 4. The molecule has 8 heteroatoms. The summed E-state index contributed by atoms with van der Waals surface area (Å²) in [5, 5.41) is 11.1. The summed E-state index contributed by atoms with van der Waals surface area (Å²) in [7, 11) is 1.57. The maximum absolute atomic E-state index is 14.5. The molecule has 0 bridgehead atoms. The van der Waals surface area contributed by atoms with Crippen molar-refractivity contribution in [2.24, 2.45) is 10.7 Å². The van der Waals surface area contributed by atoms with E-state index in [1.165, 1.54) is 23.1 Å². The molecule has 3 N–H and O–H groups in total. The van der Waals surface area contributed by atoms with Crippen molar-refractivity contribution in [1.29, 1.82) is 0 Å². The maximum Gasteiger partial charge on any atom is 0.416 e. The number of likely N-dealkylation sites (N-methyl/N-ethyl adjacent to an activating group) is 1. The van der Waals surface area contributed by atoms with E-state index in [4.69, 9.17) is 5.73 Å². The van der Waals surface area contributed by atoms with Gasteiger partial charge in [0.15, 0.2) is 5.96 Å². The summed E-state index contributed by atoms with van der Waals surface area (Å²) in [5.74, 6) is -0.944. The molecule has 0 amide bonds. The molecule has 3 atom stereocenters. The van der Waals surface area contributed by atoms with Gasteiger partial charge in [-0.3, -0.25) is 0 Å². The van der Waals surface area contributed by atoms with E-state index in [0.29, 0.717) is 23.1 Å². The quantitative estimate of drug-likeness (QED) is 0.471. The Morgan fingerprint density at radius 1 is 1.12 bits per heavy atom. The highest BCUT2D eigenvalue weighted by molar-refractivity contribution is 5.80. The molecule has 2 aromatic rings. The molecule has 0 radical (unpaired) electrons. The fourth-order valence-corrected chi connectivity index (χ4v) is 4.30. The highest BCUT2D eigenvalue weighted by Gasteiger charge is 2.47. The lowest BCUT2D eigenvalue weighted by Gasteiger charge is -2.46. The standard InChI is InChI=1S/C24H29F4N3O/c1-4-5-6-7-16-14-18(12-13-19(16)25)23(2)20(21(32)31(3)22(29)30-23)15-8-10-17(11-9-15)24(26,27)28/h8-14,20-21,32H,4-7H2,1-3H3,(H2,29,30)/t20-,21?,23+/m0/s1. The third-order valence-electron chi connectivity index (χ3n) is 6.29. The maximum atomic E-state index is 14.5. The summed E-state index contributed by atoms with van der Waals surface area (Å²) in [5.41, 5.74) is 5.85. The van der Waals surface area contributed by atoms with Gasteiger partial charge in [-0.15, -0.1) is 0 Å². The summed E-state index contributed by atoms with van der Waals surface area (Å²) >= 11 is 0. The van der Waals surface area contributed by atoms with Gasteiger partial charge in [0.25, 0.3) is 0 Å². The van der Waals surface area contributed by atoms with E-state index in [1.54, 1.807) is 26.1 Å². The molecule has 1 heterocycles. The van der Waals surface area contributed by atoms with Gasteiger partial charge in [-0.2, -0.15) is 13.2 Å². The Balaban J connectivity index is 2.09. The van der Waals surface area contributed by atoms with Crippen LogP contribution in [0.2, 0.25) is 0 Å². The molecule has 0 saturated heterocycles. The summed E-state index contributed by atoms with van der Waals surface area (Å²) in [6.07, 6.45) is -2.21. The molecule has 0 spiro atoms. The molecule has 1 aliphatic rings. The molecule has 3 rings (SSSR count). The average Bonchev–Trinajstić information content (AvgIpc) is 2.73. The second-order valence-corrected chi connectivity index (χ2v) is 8.50. The number of aliphatic imine (C=N–C) groups is 1. The second-order valence-electron chi connectivity index (χ2n) is 8.50. The Kier molecular flexibility index (Phi) is 6.83. The summed E-state index contributed by atoms with van der Waals surface area (Å²) < 4.78 is 53.6. The van der Waals surface area contributed by atoms with Crippen LogP contribution in [0.25, 0.3) is 0 Å². The fraction of sp³-hybridized carbons (Fsp3) is 0.458. The van der Waals surface area contributed by atoms with Gasteiger partial charge >= 0.3 is 6.18 Å². The first-order chi connectivity index (χ1) is 15.0. The van der Waals surface area contributed by atoms with E-state index >= 15 is 0 Å². The zero-order valence-electron chi connectivity index (χ0n) is 18.5. The third-order valence-corrected chi connectivity index (χ3v) is 6.29. The molecular formula is C24H29F4N3O. The minimum absolute atomic E-state index is 0.0972. The van der Waals surface area contributed by atoms with E-state index in [2.05, 4.69) is 11.9 Å². The van der Waals surface area contributed by atoms with Gasteiger partial charge in [0.2, 0.25) is 0 Å². The summed E-state index contributed by atoms with van der Waals surface area (Å²) in [4.78, 5) is 6.01. The summed E-state index contributed by atoms with van der Waals surface area (Å²) in [6, 6.07) is 9.40. The Labute approximate surface area is 185 Å². The number of guanidine groups is 1. The van der Waals surface area contributed by atoms with Gasteiger partial charge in [-0.25, -0.2) is 9.38 Å². The van der Waals surface area contributed by atoms with E-state index in [-0.39, 0.29) is 11.8 Å². The molecule has 1 aliphatic heterocycles. The molecule has 0 aromatic heterocycles. The van der Waals surface area contributed by atoms with Crippen molar-refractivity contribution >= 4 is 5.96 Å². The van der Waals surface area contributed by atoms with Crippen molar-refractivity contribution < 1.29 is 22.7 Å². The number of benzene rings is 2. The number of aliphatic hydroxyl groups is 1. The number of alkyl halides is 3. The number of aryl methyl sites for hydroxylation is 1.